The Bertz CT molecular complexity index is 561. The summed E-state index contributed by atoms with van der Waals surface area (Å²) in [6.07, 6.45) is -0.893. The first kappa shape index (κ1) is 14.6. The predicted molar refractivity (Wildman–Crippen MR) is 69.9 cm³/mol. The van der Waals surface area contributed by atoms with Crippen molar-refractivity contribution in [3.63, 3.8) is 0 Å². The molecule has 0 spiro atoms. The topological polar surface area (TPSA) is 29.9 Å². The molecule has 1 aromatic heterocycles. The fourth-order valence-electron chi connectivity index (χ4n) is 2.06. The van der Waals surface area contributed by atoms with Crippen LogP contribution in [0.5, 0.6) is 0 Å². The van der Waals surface area contributed by atoms with Crippen molar-refractivity contribution in [2.75, 3.05) is 0 Å². The zero-order chi connectivity index (χ0) is 14.6. The highest BCUT2D eigenvalue weighted by molar-refractivity contribution is 5.29. The quantitative estimate of drug-likeness (QED) is 0.913. The lowest BCUT2D eigenvalue weighted by Gasteiger charge is -2.13. The van der Waals surface area contributed by atoms with Gasteiger partial charge in [0.1, 0.15) is 0 Å². The Labute approximate surface area is 115 Å². The molecule has 108 valence electrons. The summed E-state index contributed by atoms with van der Waals surface area (Å²) >= 11 is 0. The molecule has 6 heteroatoms. The van der Waals surface area contributed by atoms with Gasteiger partial charge in [0, 0.05) is 25.8 Å². The van der Waals surface area contributed by atoms with E-state index in [-0.39, 0.29) is 12.1 Å². The number of benzene rings is 1. The maximum absolute atomic E-state index is 12.8. The number of aromatic nitrogens is 2. The number of nitrogens with zero attached hydrogens (tertiary/aromatic N) is 2. The molecule has 3 nitrogen and oxygen atoms in total. The molecule has 2 rings (SSSR count). The maximum atomic E-state index is 12.8. The van der Waals surface area contributed by atoms with Crippen LogP contribution in [0.2, 0.25) is 0 Å². The minimum atomic E-state index is -4.32. The van der Waals surface area contributed by atoms with Crippen LogP contribution in [0.15, 0.2) is 36.8 Å². The van der Waals surface area contributed by atoms with E-state index in [9.17, 15) is 13.2 Å². The van der Waals surface area contributed by atoms with E-state index in [0.29, 0.717) is 6.54 Å². The number of hydrogen-bond donors (Lipinski definition) is 1. The average molecular weight is 283 g/mol. The summed E-state index contributed by atoms with van der Waals surface area (Å²) in [6, 6.07) is 5.61. The van der Waals surface area contributed by atoms with Gasteiger partial charge in [0.25, 0.3) is 0 Å². The van der Waals surface area contributed by atoms with E-state index in [1.807, 2.05) is 11.5 Å². The van der Waals surface area contributed by atoms with Crippen molar-refractivity contribution < 1.29 is 13.2 Å². The van der Waals surface area contributed by atoms with Gasteiger partial charge in [-0.3, -0.25) is 0 Å². The SMILES string of the molecule is CCn1cncc1CNCc1ccccc1C(F)(F)F. The van der Waals surface area contributed by atoms with Gasteiger partial charge in [0.15, 0.2) is 0 Å². The van der Waals surface area contributed by atoms with Crippen molar-refractivity contribution in [3.8, 4) is 0 Å². The van der Waals surface area contributed by atoms with E-state index in [2.05, 4.69) is 10.3 Å². The van der Waals surface area contributed by atoms with Crippen LogP contribution >= 0.6 is 0 Å². The summed E-state index contributed by atoms with van der Waals surface area (Å²) < 4.78 is 40.4. The minimum Gasteiger partial charge on any atom is -0.334 e. The molecule has 0 bridgehead atoms. The Balaban J connectivity index is 2.02. The molecule has 0 radical (unpaired) electrons. The van der Waals surface area contributed by atoms with Crippen molar-refractivity contribution >= 4 is 0 Å². The van der Waals surface area contributed by atoms with Crippen LogP contribution in [0.4, 0.5) is 13.2 Å². The number of imidazole rings is 1. The Hall–Kier alpha value is -1.82. The van der Waals surface area contributed by atoms with Crippen molar-refractivity contribution in [2.24, 2.45) is 0 Å². The Morgan fingerprint density at radius 3 is 2.65 bits per heavy atom. The molecule has 20 heavy (non-hydrogen) atoms. The highest BCUT2D eigenvalue weighted by atomic mass is 19.4. The smallest absolute Gasteiger partial charge is 0.334 e. The lowest BCUT2D eigenvalue weighted by molar-refractivity contribution is -0.138. The summed E-state index contributed by atoms with van der Waals surface area (Å²) in [4.78, 5) is 4.02. The molecule has 0 fully saturated rings. The second-order valence-corrected chi connectivity index (χ2v) is 4.43. The molecule has 1 N–H and O–H groups in total. The van der Waals surface area contributed by atoms with Gasteiger partial charge in [0.2, 0.25) is 0 Å². The molecule has 0 aliphatic heterocycles. The first-order valence-corrected chi connectivity index (χ1v) is 6.37. The van der Waals surface area contributed by atoms with Crippen molar-refractivity contribution in [3.05, 3.63) is 53.6 Å². The second-order valence-electron chi connectivity index (χ2n) is 4.43. The van der Waals surface area contributed by atoms with Crippen LogP contribution in [-0.2, 0) is 25.8 Å². The number of hydrogen-bond acceptors (Lipinski definition) is 2. The lowest BCUT2D eigenvalue weighted by Crippen LogP contribution is -2.18. The van der Waals surface area contributed by atoms with Crippen molar-refractivity contribution in [1.29, 1.82) is 0 Å². The molecule has 0 unspecified atom stereocenters. The van der Waals surface area contributed by atoms with E-state index < -0.39 is 11.7 Å². The van der Waals surface area contributed by atoms with Crippen LogP contribution in [-0.4, -0.2) is 9.55 Å². The average Bonchev–Trinajstić information content (AvgIpc) is 2.85. The summed E-state index contributed by atoms with van der Waals surface area (Å²) in [5.41, 5.74) is 0.621. The molecule has 0 saturated heterocycles. The minimum absolute atomic E-state index is 0.171. The van der Waals surface area contributed by atoms with Gasteiger partial charge in [-0.15, -0.1) is 0 Å². The number of nitrogens with one attached hydrogen (secondary N) is 1. The van der Waals surface area contributed by atoms with Crippen LogP contribution < -0.4 is 5.32 Å². The Kier molecular flexibility index (Phi) is 4.44. The molecule has 0 aliphatic rings. The summed E-state index contributed by atoms with van der Waals surface area (Å²) in [6.45, 7) is 3.44. The molecular weight excluding hydrogens is 267 g/mol. The van der Waals surface area contributed by atoms with Gasteiger partial charge >= 0.3 is 6.18 Å². The van der Waals surface area contributed by atoms with Gasteiger partial charge in [0.05, 0.1) is 17.6 Å². The zero-order valence-corrected chi connectivity index (χ0v) is 11.1. The van der Waals surface area contributed by atoms with E-state index in [4.69, 9.17) is 0 Å². The molecule has 0 aliphatic carbocycles. The maximum Gasteiger partial charge on any atom is 0.416 e. The van der Waals surface area contributed by atoms with E-state index in [1.165, 1.54) is 12.1 Å². The number of halogens is 3. The molecule has 0 saturated carbocycles. The van der Waals surface area contributed by atoms with Gasteiger partial charge in [-0.1, -0.05) is 18.2 Å². The van der Waals surface area contributed by atoms with Crippen molar-refractivity contribution in [1.82, 2.24) is 14.9 Å². The van der Waals surface area contributed by atoms with Crippen LogP contribution in [0.1, 0.15) is 23.7 Å². The normalized spacial score (nSPS) is 11.8. The van der Waals surface area contributed by atoms with Crippen LogP contribution in [0, 0.1) is 0 Å². The second kappa shape index (κ2) is 6.09. The fourth-order valence-corrected chi connectivity index (χ4v) is 2.06. The van der Waals surface area contributed by atoms with Crippen LogP contribution in [0.3, 0.4) is 0 Å². The van der Waals surface area contributed by atoms with Crippen LogP contribution in [0.25, 0.3) is 0 Å². The highest BCUT2D eigenvalue weighted by Gasteiger charge is 2.32. The standard InChI is InChI=1S/C14H16F3N3/c1-2-20-10-19-9-12(20)8-18-7-11-5-3-4-6-13(11)14(15,16)17/h3-6,9-10,18H,2,7-8H2,1H3. The molecule has 2 aromatic rings. The van der Waals surface area contributed by atoms with Gasteiger partial charge < -0.3 is 9.88 Å². The fraction of sp³-hybridized carbons (Fsp3) is 0.357. The van der Waals surface area contributed by atoms with Gasteiger partial charge in [-0.05, 0) is 18.6 Å². The third-order valence-corrected chi connectivity index (χ3v) is 3.08. The zero-order valence-electron chi connectivity index (χ0n) is 11.1. The van der Waals surface area contributed by atoms with Gasteiger partial charge in [-0.2, -0.15) is 13.2 Å². The van der Waals surface area contributed by atoms with E-state index in [0.717, 1.165) is 18.3 Å². The molecule has 1 heterocycles. The predicted octanol–water partition coefficient (Wildman–Crippen LogP) is 3.21. The number of aryl methyl sites for hydroxylation is 1. The Morgan fingerprint density at radius 2 is 1.95 bits per heavy atom. The monoisotopic (exact) mass is 283 g/mol. The summed E-state index contributed by atoms with van der Waals surface area (Å²) in [7, 11) is 0. The third kappa shape index (κ3) is 3.39. The van der Waals surface area contributed by atoms with Crippen molar-refractivity contribution in [2.45, 2.75) is 32.7 Å². The first-order chi connectivity index (χ1) is 9.52. The number of alkyl halides is 3. The summed E-state index contributed by atoms with van der Waals surface area (Å²) in [5.74, 6) is 0. The first-order valence-electron chi connectivity index (χ1n) is 6.37. The third-order valence-electron chi connectivity index (χ3n) is 3.08. The molecule has 0 atom stereocenters. The largest absolute Gasteiger partial charge is 0.416 e. The number of rotatable bonds is 5. The van der Waals surface area contributed by atoms with Gasteiger partial charge in [-0.25, -0.2) is 4.98 Å². The lowest BCUT2D eigenvalue weighted by atomic mass is 10.1. The molecule has 1 aromatic carbocycles. The van der Waals surface area contributed by atoms with E-state index in [1.54, 1.807) is 18.6 Å². The van der Waals surface area contributed by atoms with E-state index >= 15 is 0 Å². The highest BCUT2D eigenvalue weighted by Crippen LogP contribution is 2.31. The Morgan fingerprint density at radius 1 is 1.20 bits per heavy atom. The molecule has 0 amide bonds. The molecular formula is C14H16F3N3. The summed E-state index contributed by atoms with van der Waals surface area (Å²) in [5, 5.41) is 3.03.